The summed E-state index contributed by atoms with van der Waals surface area (Å²) in [7, 11) is 0. The second kappa shape index (κ2) is 7.26. The smallest absolute Gasteiger partial charge is 0.144 e. The van der Waals surface area contributed by atoms with Crippen LogP contribution in [0.4, 0.5) is 5.82 Å². The SMILES string of the molecule is CCCOCCCNc1cnccn1. The van der Waals surface area contributed by atoms with Gasteiger partial charge in [0.25, 0.3) is 0 Å². The number of rotatable bonds is 7. The van der Waals surface area contributed by atoms with Gasteiger partial charge in [-0.3, -0.25) is 4.98 Å². The molecule has 0 spiro atoms. The van der Waals surface area contributed by atoms with Crippen molar-refractivity contribution in [1.82, 2.24) is 9.97 Å². The molecule has 4 heteroatoms. The Morgan fingerprint density at radius 3 is 3.00 bits per heavy atom. The molecule has 0 aliphatic carbocycles. The summed E-state index contributed by atoms with van der Waals surface area (Å²) in [5.74, 6) is 0.822. The van der Waals surface area contributed by atoms with Crippen LogP contribution in [0.25, 0.3) is 0 Å². The second-order valence-electron chi connectivity index (χ2n) is 2.98. The number of aromatic nitrogens is 2. The van der Waals surface area contributed by atoms with Gasteiger partial charge in [-0.2, -0.15) is 0 Å². The normalized spacial score (nSPS) is 10.1. The van der Waals surface area contributed by atoms with Crippen LogP contribution < -0.4 is 5.32 Å². The van der Waals surface area contributed by atoms with E-state index in [9.17, 15) is 0 Å². The number of hydrogen-bond donors (Lipinski definition) is 1. The van der Waals surface area contributed by atoms with E-state index in [1.54, 1.807) is 18.6 Å². The van der Waals surface area contributed by atoms with E-state index in [-0.39, 0.29) is 0 Å². The predicted octanol–water partition coefficient (Wildman–Crippen LogP) is 1.71. The van der Waals surface area contributed by atoms with Gasteiger partial charge >= 0.3 is 0 Å². The summed E-state index contributed by atoms with van der Waals surface area (Å²) in [6.07, 6.45) is 7.13. The summed E-state index contributed by atoms with van der Waals surface area (Å²) >= 11 is 0. The summed E-state index contributed by atoms with van der Waals surface area (Å²) in [5.41, 5.74) is 0. The standard InChI is InChI=1S/C10H17N3O/c1-2-7-14-8-3-4-12-10-9-11-5-6-13-10/h5-6,9H,2-4,7-8H2,1H3,(H,12,13). The molecule has 0 fully saturated rings. The van der Waals surface area contributed by atoms with Crippen LogP contribution in [-0.4, -0.2) is 29.7 Å². The highest BCUT2D eigenvalue weighted by Gasteiger charge is 1.91. The summed E-state index contributed by atoms with van der Waals surface area (Å²) in [6.45, 7) is 4.65. The summed E-state index contributed by atoms with van der Waals surface area (Å²) < 4.78 is 5.34. The molecule has 1 heterocycles. The number of nitrogens with zero attached hydrogens (tertiary/aromatic N) is 2. The first-order valence-electron chi connectivity index (χ1n) is 5.01. The maximum absolute atomic E-state index is 5.34. The molecule has 0 amide bonds. The number of hydrogen-bond acceptors (Lipinski definition) is 4. The Bertz CT molecular complexity index is 228. The van der Waals surface area contributed by atoms with E-state index < -0.39 is 0 Å². The van der Waals surface area contributed by atoms with Crippen molar-refractivity contribution in [2.45, 2.75) is 19.8 Å². The van der Waals surface area contributed by atoms with Crippen molar-refractivity contribution in [2.75, 3.05) is 25.1 Å². The largest absolute Gasteiger partial charge is 0.381 e. The molecule has 78 valence electrons. The molecule has 0 aromatic carbocycles. The summed E-state index contributed by atoms with van der Waals surface area (Å²) in [5, 5.41) is 3.17. The molecule has 0 atom stereocenters. The lowest BCUT2D eigenvalue weighted by atomic mass is 10.4. The van der Waals surface area contributed by atoms with E-state index >= 15 is 0 Å². The van der Waals surface area contributed by atoms with Crippen LogP contribution in [0.3, 0.4) is 0 Å². The van der Waals surface area contributed by atoms with E-state index in [4.69, 9.17) is 4.74 Å². The van der Waals surface area contributed by atoms with Crippen molar-refractivity contribution < 1.29 is 4.74 Å². The Morgan fingerprint density at radius 1 is 1.36 bits per heavy atom. The molecule has 1 aromatic rings. The molecule has 1 aromatic heterocycles. The predicted molar refractivity (Wildman–Crippen MR) is 56.2 cm³/mol. The minimum atomic E-state index is 0.807. The highest BCUT2D eigenvalue weighted by molar-refractivity contribution is 5.29. The molecule has 0 unspecified atom stereocenters. The number of anilines is 1. The highest BCUT2D eigenvalue weighted by Crippen LogP contribution is 1.96. The van der Waals surface area contributed by atoms with Gasteiger partial charge < -0.3 is 10.1 Å². The Morgan fingerprint density at radius 2 is 2.29 bits per heavy atom. The molecule has 0 bridgehead atoms. The summed E-state index contributed by atoms with van der Waals surface area (Å²) in [4.78, 5) is 8.06. The molecule has 0 aliphatic heterocycles. The van der Waals surface area contributed by atoms with Crippen LogP contribution >= 0.6 is 0 Å². The maximum Gasteiger partial charge on any atom is 0.144 e. The van der Waals surface area contributed by atoms with Gasteiger partial charge in [0.1, 0.15) is 5.82 Å². The van der Waals surface area contributed by atoms with Gasteiger partial charge in [-0.25, -0.2) is 4.98 Å². The monoisotopic (exact) mass is 195 g/mol. The van der Waals surface area contributed by atoms with Gasteiger partial charge in [0.15, 0.2) is 0 Å². The van der Waals surface area contributed by atoms with Crippen LogP contribution in [0.5, 0.6) is 0 Å². The van der Waals surface area contributed by atoms with Gasteiger partial charge in [0, 0.05) is 32.2 Å². The minimum absolute atomic E-state index is 0.807. The lowest BCUT2D eigenvalue weighted by molar-refractivity contribution is 0.134. The van der Waals surface area contributed by atoms with Crippen LogP contribution in [0.1, 0.15) is 19.8 Å². The van der Waals surface area contributed by atoms with E-state index in [0.29, 0.717) is 0 Å². The fourth-order valence-electron chi connectivity index (χ4n) is 1.03. The molecule has 0 radical (unpaired) electrons. The lowest BCUT2D eigenvalue weighted by Crippen LogP contribution is -2.07. The van der Waals surface area contributed by atoms with Crippen molar-refractivity contribution in [3.8, 4) is 0 Å². The van der Waals surface area contributed by atoms with Crippen molar-refractivity contribution in [3.63, 3.8) is 0 Å². The molecular weight excluding hydrogens is 178 g/mol. The van der Waals surface area contributed by atoms with E-state index in [1.807, 2.05) is 0 Å². The van der Waals surface area contributed by atoms with Crippen molar-refractivity contribution in [2.24, 2.45) is 0 Å². The molecule has 1 rings (SSSR count). The quantitative estimate of drug-likeness (QED) is 0.673. The third-order valence-corrected chi connectivity index (χ3v) is 1.68. The van der Waals surface area contributed by atoms with E-state index in [1.165, 1.54) is 0 Å². The second-order valence-corrected chi connectivity index (χ2v) is 2.98. The maximum atomic E-state index is 5.34. The third kappa shape index (κ3) is 4.77. The fourth-order valence-corrected chi connectivity index (χ4v) is 1.03. The van der Waals surface area contributed by atoms with Gasteiger partial charge in [0.2, 0.25) is 0 Å². The Balaban J connectivity index is 1.99. The van der Waals surface area contributed by atoms with Gasteiger partial charge in [-0.05, 0) is 12.8 Å². The minimum Gasteiger partial charge on any atom is -0.381 e. The van der Waals surface area contributed by atoms with Crippen LogP contribution in [0, 0.1) is 0 Å². The zero-order chi connectivity index (χ0) is 10.1. The number of nitrogens with one attached hydrogen (secondary N) is 1. The first kappa shape index (κ1) is 10.9. The molecule has 4 nitrogen and oxygen atoms in total. The highest BCUT2D eigenvalue weighted by atomic mass is 16.5. The van der Waals surface area contributed by atoms with Gasteiger partial charge in [-0.15, -0.1) is 0 Å². The number of ether oxygens (including phenoxy) is 1. The fraction of sp³-hybridized carbons (Fsp3) is 0.600. The molecular formula is C10H17N3O. The first-order chi connectivity index (χ1) is 6.93. The van der Waals surface area contributed by atoms with E-state index in [2.05, 4.69) is 22.2 Å². The van der Waals surface area contributed by atoms with Gasteiger partial charge in [0.05, 0.1) is 6.20 Å². The molecule has 0 aliphatic rings. The molecule has 0 saturated heterocycles. The lowest BCUT2D eigenvalue weighted by Gasteiger charge is -2.04. The first-order valence-corrected chi connectivity index (χ1v) is 5.01. The molecule has 1 N–H and O–H groups in total. The van der Waals surface area contributed by atoms with Crippen LogP contribution in [-0.2, 0) is 4.74 Å². The van der Waals surface area contributed by atoms with Crippen LogP contribution in [0.2, 0.25) is 0 Å². The Hall–Kier alpha value is -1.16. The Labute approximate surface area is 84.7 Å². The van der Waals surface area contributed by atoms with Crippen molar-refractivity contribution in [3.05, 3.63) is 18.6 Å². The average Bonchev–Trinajstić information content (AvgIpc) is 2.25. The van der Waals surface area contributed by atoms with Crippen molar-refractivity contribution >= 4 is 5.82 Å². The summed E-state index contributed by atoms with van der Waals surface area (Å²) in [6, 6.07) is 0. The van der Waals surface area contributed by atoms with E-state index in [0.717, 1.165) is 38.4 Å². The van der Waals surface area contributed by atoms with Crippen molar-refractivity contribution in [1.29, 1.82) is 0 Å². The average molecular weight is 195 g/mol. The van der Waals surface area contributed by atoms with Gasteiger partial charge in [-0.1, -0.05) is 6.92 Å². The topological polar surface area (TPSA) is 47.0 Å². The Kier molecular flexibility index (Phi) is 5.66. The van der Waals surface area contributed by atoms with Crippen LogP contribution in [0.15, 0.2) is 18.6 Å². The molecule has 0 saturated carbocycles. The molecule has 14 heavy (non-hydrogen) atoms. The third-order valence-electron chi connectivity index (χ3n) is 1.68. The zero-order valence-electron chi connectivity index (χ0n) is 8.57. The zero-order valence-corrected chi connectivity index (χ0v) is 8.57.